The van der Waals surface area contributed by atoms with Gasteiger partial charge in [-0.25, -0.2) is 0 Å². The zero-order chi connectivity index (χ0) is 19.6. The molecule has 2 unspecified atom stereocenters. The summed E-state index contributed by atoms with van der Waals surface area (Å²) >= 11 is 0. The molecule has 0 heterocycles. The number of carbonyl (C=O) groups is 1. The monoisotopic (exact) mass is 365 g/mol. The SMILES string of the molecule is CCCCCCCC(O)c1ccc(CCC(C)(NC(C)=O)C(O)O)cc1. The van der Waals surface area contributed by atoms with Crippen LogP contribution in [-0.4, -0.2) is 33.1 Å². The molecule has 0 radical (unpaired) electrons. The van der Waals surface area contributed by atoms with Crippen molar-refractivity contribution in [1.29, 1.82) is 0 Å². The number of carbonyl (C=O) groups excluding carboxylic acids is 1. The number of aliphatic hydroxyl groups is 3. The van der Waals surface area contributed by atoms with Gasteiger partial charge in [-0.1, -0.05) is 63.3 Å². The summed E-state index contributed by atoms with van der Waals surface area (Å²) < 4.78 is 0. The molecule has 0 saturated carbocycles. The molecule has 0 fully saturated rings. The first-order valence-electron chi connectivity index (χ1n) is 9.70. The van der Waals surface area contributed by atoms with E-state index in [2.05, 4.69) is 12.2 Å². The fourth-order valence-corrected chi connectivity index (χ4v) is 3.08. The summed E-state index contributed by atoms with van der Waals surface area (Å²) in [6.45, 7) is 5.17. The minimum Gasteiger partial charge on any atom is -0.388 e. The minimum absolute atomic E-state index is 0.294. The molecule has 1 rings (SSSR count). The molecule has 0 aromatic heterocycles. The van der Waals surface area contributed by atoms with E-state index in [1.54, 1.807) is 6.92 Å². The number of nitrogens with one attached hydrogen (secondary N) is 1. The second-order valence-electron chi connectivity index (χ2n) is 7.43. The van der Waals surface area contributed by atoms with Crippen LogP contribution in [0.2, 0.25) is 0 Å². The summed E-state index contributed by atoms with van der Waals surface area (Å²) in [5, 5.41) is 32.0. The first kappa shape index (κ1) is 22.6. The molecule has 5 nitrogen and oxygen atoms in total. The predicted molar refractivity (Wildman–Crippen MR) is 104 cm³/mol. The molecule has 0 saturated heterocycles. The number of hydrogen-bond donors (Lipinski definition) is 4. The number of aliphatic hydroxyl groups excluding tert-OH is 2. The molecule has 0 aliphatic rings. The van der Waals surface area contributed by atoms with Gasteiger partial charge in [-0.05, 0) is 37.3 Å². The van der Waals surface area contributed by atoms with Gasteiger partial charge in [0.2, 0.25) is 5.91 Å². The van der Waals surface area contributed by atoms with Crippen LogP contribution in [0, 0.1) is 0 Å². The third-order valence-corrected chi connectivity index (χ3v) is 4.91. The highest BCUT2D eigenvalue weighted by Crippen LogP contribution is 2.22. The summed E-state index contributed by atoms with van der Waals surface area (Å²) in [5.41, 5.74) is 0.861. The van der Waals surface area contributed by atoms with E-state index in [9.17, 15) is 20.1 Å². The average molecular weight is 366 g/mol. The second kappa shape index (κ2) is 11.3. The van der Waals surface area contributed by atoms with Gasteiger partial charge in [-0.2, -0.15) is 0 Å². The molecular weight excluding hydrogens is 330 g/mol. The van der Waals surface area contributed by atoms with Crippen molar-refractivity contribution in [2.75, 3.05) is 0 Å². The molecule has 0 aliphatic carbocycles. The lowest BCUT2D eigenvalue weighted by atomic mass is 9.91. The number of benzene rings is 1. The van der Waals surface area contributed by atoms with E-state index in [1.807, 2.05) is 24.3 Å². The maximum absolute atomic E-state index is 11.3. The van der Waals surface area contributed by atoms with Crippen molar-refractivity contribution < 1.29 is 20.1 Å². The van der Waals surface area contributed by atoms with E-state index >= 15 is 0 Å². The van der Waals surface area contributed by atoms with Crippen molar-refractivity contribution >= 4 is 5.91 Å². The summed E-state index contributed by atoms with van der Waals surface area (Å²) in [5.74, 6) is -0.294. The average Bonchev–Trinajstić information content (AvgIpc) is 2.59. The van der Waals surface area contributed by atoms with E-state index in [1.165, 1.54) is 26.2 Å². The highest BCUT2D eigenvalue weighted by molar-refractivity contribution is 5.73. The topological polar surface area (TPSA) is 89.8 Å². The lowest BCUT2D eigenvalue weighted by Crippen LogP contribution is -2.54. The Morgan fingerprint density at radius 3 is 2.23 bits per heavy atom. The number of unbranched alkanes of at least 4 members (excludes halogenated alkanes) is 4. The van der Waals surface area contributed by atoms with Gasteiger partial charge in [0.25, 0.3) is 0 Å². The van der Waals surface area contributed by atoms with Crippen LogP contribution in [0.1, 0.15) is 82.9 Å². The summed E-state index contributed by atoms with van der Waals surface area (Å²) in [6, 6.07) is 7.76. The van der Waals surface area contributed by atoms with Crippen molar-refractivity contribution in [2.24, 2.45) is 0 Å². The van der Waals surface area contributed by atoms with Crippen LogP contribution in [0.25, 0.3) is 0 Å². The number of hydrogen-bond acceptors (Lipinski definition) is 4. The first-order valence-corrected chi connectivity index (χ1v) is 9.70. The van der Waals surface area contributed by atoms with Crippen molar-refractivity contribution in [3.8, 4) is 0 Å². The Balaban J connectivity index is 2.52. The number of amides is 1. The largest absolute Gasteiger partial charge is 0.388 e. The van der Waals surface area contributed by atoms with Crippen molar-refractivity contribution in [3.05, 3.63) is 35.4 Å². The van der Waals surface area contributed by atoms with Crippen LogP contribution >= 0.6 is 0 Å². The third-order valence-electron chi connectivity index (χ3n) is 4.91. The Morgan fingerprint density at radius 2 is 1.69 bits per heavy atom. The van der Waals surface area contributed by atoms with Crippen LogP contribution in [0.4, 0.5) is 0 Å². The maximum Gasteiger partial charge on any atom is 0.217 e. The van der Waals surface area contributed by atoms with Crippen LogP contribution in [0.15, 0.2) is 24.3 Å². The highest BCUT2D eigenvalue weighted by atomic mass is 16.5. The third kappa shape index (κ3) is 7.85. The van der Waals surface area contributed by atoms with E-state index in [-0.39, 0.29) is 5.91 Å². The molecular formula is C21H35NO4. The Morgan fingerprint density at radius 1 is 1.08 bits per heavy atom. The quantitative estimate of drug-likeness (QED) is 0.338. The Bertz CT molecular complexity index is 529. The molecule has 1 aromatic rings. The van der Waals surface area contributed by atoms with Gasteiger partial charge in [0.05, 0.1) is 11.6 Å². The van der Waals surface area contributed by atoms with E-state index < -0.39 is 17.9 Å². The van der Waals surface area contributed by atoms with E-state index in [0.717, 1.165) is 30.4 Å². The Labute approximate surface area is 157 Å². The lowest BCUT2D eigenvalue weighted by molar-refractivity contribution is -0.134. The molecule has 4 N–H and O–H groups in total. The van der Waals surface area contributed by atoms with Crippen LogP contribution in [-0.2, 0) is 11.2 Å². The van der Waals surface area contributed by atoms with Crippen LogP contribution in [0.5, 0.6) is 0 Å². The van der Waals surface area contributed by atoms with Gasteiger partial charge in [0, 0.05) is 6.92 Å². The highest BCUT2D eigenvalue weighted by Gasteiger charge is 2.32. The second-order valence-corrected chi connectivity index (χ2v) is 7.43. The van der Waals surface area contributed by atoms with Crippen molar-refractivity contribution in [3.63, 3.8) is 0 Å². The van der Waals surface area contributed by atoms with Gasteiger partial charge in [0.1, 0.15) is 0 Å². The molecule has 26 heavy (non-hydrogen) atoms. The van der Waals surface area contributed by atoms with E-state index in [4.69, 9.17) is 0 Å². The van der Waals surface area contributed by atoms with Crippen molar-refractivity contribution in [1.82, 2.24) is 5.32 Å². The molecule has 148 valence electrons. The fraction of sp³-hybridized carbons (Fsp3) is 0.667. The van der Waals surface area contributed by atoms with E-state index in [0.29, 0.717) is 12.8 Å². The fourth-order valence-electron chi connectivity index (χ4n) is 3.08. The van der Waals surface area contributed by atoms with Crippen molar-refractivity contribution in [2.45, 2.75) is 90.1 Å². The molecule has 1 aromatic carbocycles. The van der Waals surface area contributed by atoms with Gasteiger partial charge in [0.15, 0.2) is 6.29 Å². The maximum atomic E-state index is 11.3. The van der Waals surface area contributed by atoms with Crippen LogP contribution in [0.3, 0.4) is 0 Å². The number of aryl methyl sites for hydroxylation is 1. The van der Waals surface area contributed by atoms with Gasteiger partial charge < -0.3 is 20.6 Å². The zero-order valence-electron chi connectivity index (χ0n) is 16.4. The smallest absolute Gasteiger partial charge is 0.217 e. The minimum atomic E-state index is -1.62. The summed E-state index contributed by atoms with van der Waals surface area (Å²) in [4.78, 5) is 11.3. The lowest BCUT2D eigenvalue weighted by Gasteiger charge is -2.32. The first-order chi connectivity index (χ1) is 12.3. The summed E-state index contributed by atoms with van der Waals surface area (Å²) in [6.07, 6.45) is 5.62. The molecule has 0 bridgehead atoms. The molecule has 0 aliphatic heterocycles. The predicted octanol–water partition coefficient (Wildman–Crippen LogP) is 3.22. The van der Waals surface area contributed by atoms with Gasteiger partial charge in [-0.15, -0.1) is 0 Å². The summed E-state index contributed by atoms with van der Waals surface area (Å²) in [7, 11) is 0. The van der Waals surface area contributed by atoms with Gasteiger partial charge in [-0.3, -0.25) is 4.79 Å². The van der Waals surface area contributed by atoms with Crippen LogP contribution < -0.4 is 5.32 Å². The molecule has 1 amide bonds. The Hall–Kier alpha value is -1.43. The molecule has 2 atom stereocenters. The van der Waals surface area contributed by atoms with Gasteiger partial charge >= 0.3 is 0 Å². The number of rotatable bonds is 12. The normalized spacial score (nSPS) is 14.9. The molecule has 5 heteroatoms. The molecule has 0 spiro atoms. The Kier molecular flexibility index (Phi) is 9.84. The zero-order valence-corrected chi connectivity index (χ0v) is 16.4. The standard InChI is InChI=1S/C21H35NO4/c1-4-5-6-7-8-9-19(24)18-12-10-17(11-13-18)14-15-21(3,20(25)26)22-16(2)23/h10-13,19-20,24-26H,4-9,14-15H2,1-3H3,(H,22,23).